The van der Waals surface area contributed by atoms with Crippen LogP contribution in [-0.4, -0.2) is 41.3 Å². The van der Waals surface area contributed by atoms with Crippen molar-refractivity contribution in [2.75, 3.05) is 25.0 Å². The van der Waals surface area contributed by atoms with Crippen LogP contribution < -0.4 is 11.1 Å². The number of halogens is 1. The molecule has 1 aliphatic heterocycles. The number of nitro benzene ring substituents is 1. The fourth-order valence-corrected chi connectivity index (χ4v) is 2.71. The van der Waals surface area contributed by atoms with Gasteiger partial charge in [-0.2, -0.15) is 0 Å². The molecular formula is C14H17ClN4O4. The molecular weight excluding hydrogens is 324 g/mol. The van der Waals surface area contributed by atoms with Crippen molar-refractivity contribution < 1.29 is 14.5 Å². The summed E-state index contributed by atoms with van der Waals surface area (Å²) < 4.78 is 0. The van der Waals surface area contributed by atoms with Crippen molar-refractivity contribution in [2.45, 2.75) is 12.8 Å². The summed E-state index contributed by atoms with van der Waals surface area (Å²) in [6.45, 7) is 1.41. The Morgan fingerprint density at radius 1 is 1.39 bits per heavy atom. The summed E-state index contributed by atoms with van der Waals surface area (Å²) in [6.07, 6.45) is 1.28. The SMILES string of the molecule is NC(=O)C1CCN(CC(=O)Nc2ccc([N+](=O)[O-])cc2Cl)CC1. The van der Waals surface area contributed by atoms with E-state index in [-0.39, 0.29) is 35.0 Å². The van der Waals surface area contributed by atoms with E-state index in [2.05, 4.69) is 5.32 Å². The van der Waals surface area contributed by atoms with Crippen LogP contribution in [0.4, 0.5) is 11.4 Å². The Morgan fingerprint density at radius 2 is 2.04 bits per heavy atom. The molecule has 8 nitrogen and oxygen atoms in total. The van der Waals surface area contributed by atoms with Crippen LogP contribution in [0.3, 0.4) is 0 Å². The molecule has 1 aromatic carbocycles. The van der Waals surface area contributed by atoms with Gasteiger partial charge in [-0.3, -0.25) is 24.6 Å². The Balaban J connectivity index is 1.88. The average molecular weight is 341 g/mol. The van der Waals surface area contributed by atoms with E-state index < -0.39 is 4.92 Å². The highest BCUT2D eigenvalue weighted by Crippen LogP contribution is 2.26. The summed E-state index contributed by atoms with van der Waals surface area (Å²) in [6, 6.07) is 3.87. The van der Waals surface area contributed by atoms with Crippen LogP contribution in [0.25, 0.3) is 0 Å². The second kappa shape index (κ2) is 7.38. The number of nitrogens with zero attached hydrogens (tertiary/aromatic N) is 2. The average Bonchev–Trinajstić information content (AvgIpc) is 2.49. The summed E-state index contributed by atoms with van der Waals surface area (Å²) in [5, 5.41) is 13.4. The molecule has 1 fully saturated rings. The van der Waals surface area contributed by atoms with E-state index in [4.69, 9.17) is 17.3 Å². The molecule has 1 aliphatic rings. The second-order valence-electron chi connectivity index (χ2n) is 5.42. The maximum atomic E-state index is 12.0. The molecule has 0 aromatic heterocycles. The molecule has 0 spiro atoms. The molecule has 0 radical (unpaired) electrons. The molecule has 0 bridgehead atoms. The molecule has 23 heavy (non-hydrogen) atoms. The number of benzene rings is 1. The molecule has 1 saturated heterocycles. The van der Waals surface area contributed by atoms with Crippen LogP contribution in [0.2, 0.25) is 5.02 Å². The number of anilines is 1. The third kappa shape index (κ3) is 4.64. The predicted molar refractivity (Wildman–Crippen MR) is 85.1 cm³/mol. The quantitative estimate of drug-likeness (QED) is 0.620. The summed E-state index contributed by atoms with van der Waals surface area (Å²) in [4.78, 5) is 35.1. The molecule has 9 heteroatoms. The number of primary amides is 1. The van der Waals surface area contributed by atoms with E-state index >= 15 is 0 Å². The van der Waals surface area contributed by atoms with Gasteiger partial charge in [-0.15, -0.1) is 0 Å². The van der Waals surface area contributed by atoms with Crippen molar-refractivity contribution in [3.05, 3.63) is 33.3 Å². The second-order valence-corrected chi connectivity index (χ2v) is 5.83. The molecule has 0 aliphatic carbocycles. The normalized spacial score (nSPS) is 16.0. The molecule has 3 N–H and O–H groups in total. The molecule has 1 aromatic rings. The van der Waals surface area contributed by atoms with Crippen LogP contribution >= 0.6 is 11.6 Å². The van der Waals surface area contributed by atoms with E-state index in [1.807, 2.05) is 4.90 Å². The van der Waals surface area contributed by atoms with Crippen LogP contribution in [0.1, 0.15) is 12.8 Å². The van der Waals surface area contributed by atoms with E-state index in [9.17, 15) is 19.7 Å². The third-order valence-electron chi connectivity index (χ3n) is 3.79. The van der Waals surface area contributed by atoms with Crippen LogP contribution in [0.5, 0.6) is 0 Å². The standard InChI is InChI=1S/C14H17ClN4O4/c15-11-7-10(19(22)23)1-2-12(11)17-13(20)8-18-5-3-9(4-6-18)14(16)21/h1-2,7,9H,3-6,8H2,(H2,16,21)(H,17,20). The number of carbonyl (C=O) groups excluding carboxylic acids is 2. The van der Waals surface area contributed by atoms with Gasteiger partial charge in [-0.1, -0.05) is 11.6 Å². The molecule has 1 heterocycles. The molecule has 0 unspecified atom stereocenters. The number of likely N-dealkylation sites (tertiary alicyclic amines) is 1. The highest BCUT2D eigenvalue weighted by atomic mass is 35.5. The van der Waals surface area contributed by atoms with Crippen molar-refractivity contribution in [3.63, 3.8) is 0 Å². The van der Waals surface area contributed by atoms with Gasteiger partial charge < -0.3 is 11.1 Å². The number of carbonyl (C=O) groups is 2. The number of piperidine rings is 1. The number of amides is 2. The Labute approximate surface area is 137 Å². The fourth-order valence-electron chi connectivity index (χ4n) is 2.49. The van der Waals surface area contributed by atoms with Gasteiger partial charge in [0.2, 0.25) is 11.8 Å². The predicted octanol–water partition coefficient (Wildman–Crippen LogP) is 1.38. The maximum absolute atomic E-state index is 12.0. The Kier molecular flexibility index (Phi) is 5.51. The third-order valence-corrected chi connectivity index (χ3v) is 4.11. The fraction of sp³-hybridized carbons (Fsp3) is 0.429. The lowest BCUT2D eigenvalue weighted by atomic mass is 9.96. The van der Waals surface area contributed by atoms with Crippen molar-refractivity contribution in [3.8, 4) is 0 Å². The smallest absolute Gasteiger partial charge is 0.271 e. The summed E-state index contributed by atoms with van der Waals surface area (Å²) in [5.41, 5.74) is 5.46. The van der Waals surface area contributed by atoms with Gasteiger partial charge in [0.1, 0.15) is 0 Å². The molecule has 124 valence electrons. The lowest BCUT2D eigenvalue weighted by Crippen LogP contribution is -2.42. The Bertz CT molecular complexity index is 629. The lowest BCUT2D eigenvalue weighted by Gasteiger charge is -2.29. The number of nitrogens with two attached hydrogens (primary N) is 1. The number of hydrogen-bond acceptors (Lipinski definition) is 5. The van der Waals surface area contributed by atoms with Gasteiger partial charge >= 0.3 is 0 Å². The Hall–Kier alpha value is -2.19. The van der Waals surface area contributed by atoms with E-state index in [1.54, 1.807) is 0 Å². The van der Waals surface area contributed by atoms with Gasteiger partial charge in [0, 0.05) is 18.1 Å². The van der Waals surface area contributed by atoms with Gasteiger partial charge in [0.15, 0.2) is 0 Å². The molecule has 0 saturated carbocycles. The number of non-ortho nitro benzene ring substituents is 1. The van der Waals surface area contributed by atoms with Gasteiger partial charge in [0.25, 0.3) is 5.69 Å². The van der Waals surface area contributed by atoms with Crippen molar-refractivity contribution in [1.29, 1.82) is 0 Å². The van der Waals surface area contributed by atoms with E-state index in [0.717, 1.165) is 0 Å². The minimum atomic E-state index is -0.555. The first-order valence-corrected chi connectivity index (χ1v) is 7.50. The van der Waals surface area contributed by atoms with Gasteiger partial charge in [0.05, 0.1) is 22.2 Å². The zero-order valence-electron chi connectivity index (χ0n) is 12.3. The van der Waals surface area contributed by atoms with E-state index in [1.165, 1.54) is 18.2 Å². The Morgan fingerprint density at radius 3 is 2.57 bits per heavy atom. The summed E-state index contributed by atoms with van der Waals surface area (Å²) in [7, 11) is 0. The number of hydrogen-bond donors (Lipinski definition) is 2. The first-order valence-electron chi connectivity index (χ1n) is 7.12. The molecule has 2 rings (SSSR count). The monoisotopic (exact) mass is 340 g/mol. The van der Waals surface area contributed by atoms with Crippen molar-refractivity contribution in [1.82, 2.24) is 4.90 Å². The zero-order chi connectivity index (χ0) is 17.0. The lowest BCUT2D eigenvalue weighted by molar-refractivity contribution is -0.384. The largest absolute Gasteiger partial charge is 0.369 e. The highest BCUT2D eigenvalue weighted by molar-refractivity contribution is 6.34. The zero-order valence-corrected chi connectivity index (χ0v) is 13.1. The first-order chi connectivity index (χ1) is 10.9. The number of rotatable bonds is 5. The highest BCUT2D eigenvalue weighted by Gasteiger charge is 2.24. The van der Waals surface area contributed by atoms with Crippen molar-refractivity contribution >= 4 is 34.8 Å². The molecule has 2 amide bonds. The van der Waals surface area contributed by atoms with Crippen LogP contribution in [0, 0.1) is 16.0 Å². The van der Waals surface area contributed by atoms with E-state index in [0.29, 0.717) is 31.6 Å². The topological polar surface area (TPSA) is 119 Å². The first kappa shape index (κ1) is 17.2. The molecule has 0 atom stereocenters. The summed E-state index contributed by atoms with van der Waals surface area (Å²) >= 11 is 5.93. The summed E-state index contributed by atoms with van der Waals surface area (Å²) in [5.74, 6) is -0.691. The minimum absolute atomic E-state index is 0.111. The van der Waals surface area contributed by atoms with Crippen molar-refractivity contribution in [2.24, 2.45) is 11.7 Å². The van der Waals surface area contributed by atoms with Crippen LogP contribution in [-0.2, 0) is 9.59 Å². The van der Waals surface area contributed by atoms with Gasteiger partial charge in [-0.05, 0) is 32.0 Å². The van der Waals surface area contributed by atoms with Crippen LogP contribution in [0.15, 0.2) is 18.2 Å². The maximum Gasteiger partial charge on any atom is 0.271 e. The number of nitrogens with one attached hydrogen (secondary N) is 1. The number of nitro groups is 1. The van der Waals surface area contributed by atoms with Gasteiger partial charge in [-0.25, -0.2) is 0 Å². The minimum Gasteiger partial charge on any atom is -0.369 e.